The van der Waals surface area contributed by atoms with Crippen LogP contribution in [0.4, 0.5) is 10.5 Å². The van der Waals surface area contributed by atoms with Crippen molar-refractivity contribution < 1.29 is 9.59 Å². The van der Waals surface area contributed by atoms with Crippen LogP contribution in [0.3, 0.4) is 0 Å². The Morgan fingerprint density at radius 1 is 1.00 bits per heavy atom. The van der Waals surface area contributed by atoms with Gasteiger partial charge in [0.15, 0.2) is 0 Å². The van der Waals surface area contributed by atoms with E-state index in [-0.39, 0.29) is 17.6 Å². The van der Waals surface area contributed by atoms with Crippen molar-refractivity contribution >= 4 is 28.4 Å². The van der Waals surface area contributed by atoms with Gasteiger partial charge in [-0.1, -0.05) is 36.4 Å². The van der Waals surface area contributed by atoms with E-state index in [4.69, 9.17) is 0 Å². The highest BCUT2D eigenvalue weighted by Gasteiger charge is 2.11. The summed E-state index contributed by atoms with van der Waals surface area (Å²) >= 11 is 0. The maximum atomic E-state index is 12.1. The number of pyridine rings is 1. The van der Waals surface area contributed by atoms with Gasteiger partial charge in [-0.05, 0) is 34.5 Å². The van der Waals surface area contributed by atoms with Gasteiger partial charge in [-0.25, -0.2) is 4.79 Å². The second kappa shape index (κ2) is 7.65. The number of carbonyl (C=O) groups excluding carboxylic acids is 2. The van der Waals surface area contributed by atoms with Gasteiger partial charge in [-0.3, -0.25) is 9.78 Å². The molecule has 6 nitrogen and oxygen atoms in total. The van der Waals surface area contributed by atoms with Crippen LogP contribution in [0.1, 0.15) is 16.1 Å². The number of nitrogens with zero attached hydrogens (tertiary/aromatic N) is 2. The van der Waals surface area contributed by atoms with E-state index in [2.05, 4.69) is 27.8 Å². The van der Waals surface area contributed by atoms with Gasteiger partial charge in [0.05, 0.1) is 0 Å². The molecule has 0 fully saturated rings. The monoisotopic (exact) mass is 348 g/mol. The van der Waals surface area contributed by atoms with Crippen LogP contribution in [-0.4, -0.2) is 35.9 Å². The van der Waals surface area contributed by atoms with Crippen molar-refractivity contribution in [3.05, 3.63) is 72.1 Å². The summed E-state index contributed by atoms with van der Waals surface area (Å²) in [7, 11) is 3.31. The predicted molar refractivity (Wildman–Crippen MR) is 102 cm³/mol. The maximum absolute atomic E-state index is 12.1. The fourth-order valence-electron chi connectivity index (χ4n) is 2.56. The zero-order valence-corrected chi connectivity index (χ0v) is 14.7. The van der Waals surface area contributed by atoms with E-state index in [9.17, 15) is 9.59 Å². The van der Waals surface area contributed by atoms with Gasteiger partial charge < -0.3 is 15.5 Å². The Kier molecular flexibility index (Phi) is 5.12. The van der Waals surface area contributed by atoms with Gasteiger partial charge in [0.1, 0.15) is 5.69 Å². The molecule has 0 unspecified atom stereocenters. The molecule has 2 aromatic carbocycles. The molecule has 6 heteroatoms. The van der Waals surface area contributed by atoms with Crippen LogP contribution in [0.15, 0.2) is 60.8 Å². The summed E-state index contributed by atoms with van der Waals surface area (Å²) in [4.78, 5) is 29.5. The summed E-state index contributed by atoms with van der Waals surface area (Å²) < 4.78 is 0. The SMILES string of the molecule is CN(C)C(=O)c1cc(NC(=O)NCc2ccc3ccccc3c2)ccn1. The van der Waals surface area contributed by atoms with Crippen LogP contribution >= 0.6 is 0 Å². The van der Waals surface area contributed by atoms with Gasteiger partial charge in [-0.15, -0.1) is 0 Å². The second-order valence-electron chi connectivity index (χ2n) is 6.12. The smallest absolute Gasteiger partial charge is 0.319 e. The van der Waals surface area contributed by atoms with Crippen molar-refractivity contribution in [2.45, 2.75) is 6.54 Å². The molecule has 3 rings (SSSR count). The van der Waals surface area contributed by atoms with E-state index < -0.39 is 0 Å². The van der Waals surface area contributed by atoms with Crippen LogP contribution in [0.5, 0.6) is 0 Å². The molecule has 132 valence electrons. The summed E-state index contributed by atoms with van der Waals surface area (Å²) in [6, 6.07) is 17.0. The zero-order valence-electron chi connectivity index (χ0n) is 14.7. The molecule has 3 amide bonds. The van der Waals surface area contributed by atoms with E-state index in [0.29, 0.717) is 12.2 Å². The molecule has 0 bridgehead atoms. The molecule has 3 aromatic rings. The average molecular weight is 348 g/mol. The number of hydrogen-bond donors (Lipinski definition) is 2. The molecule has 26 heavy (non-hydrogen) atoms. The first kappa shape index (κ1) is 17.4. The Morgan fingerprint density at radius 3 is 2.54 bits per heavy atom. The molecule has 0 aliphatic carbocycles. The predicted octanol–water partition coefficient (Wildman–Crippen LogP) is 3.26. The van der Waals surface area contributed by atoms with Crippen molar-refractivity contribution in [3.63, 3.8) is 0 Å². The number of benzene rings is 2. The van der Waals surface area contributed by atoms with E-state index in [1.807, 2.05) is 30.3 Å². The maximum Gasteiger partial charge on any atom is 0.319 e. The summed E-state index contributed by atoms with van der Waals surface area (Å²) in [5.41, 5.74) is 1.81. The lowest BCUT2D eigenvalue weighted by molar-refractivity contribution is 0.0822. The van der Waals surface area contributed by atoms with Gasteiger partial charge in [0.25, 0.3) is 5.91 Å². The first-order chi connectivity index (χ1) is 12.5. The van der Waals surface area contributed by atoms with Crippen molar-refractivity contribution in [2.24, 2.45) is 0 Å². The van der Waals surface area contributed by atoms with Crippen LogP contribution in [0.2, 0.25) is 0 Å². The third-order valence-corrected chi connectivity index (χ3v) is 3.91. The summed E-state index contributed by atoms with van der Waals surface area (Å²) in [5, 5.41) is 7.84. The van der Waals surface area contributed by atoms with Crippen LogP contribution in [0, 0.1) is 0 Å². The molecule has 0 aliphatic heterocycles. The minimum Gasteiger partial charge on any atom is -0.343 e. The lowest BCUT2D eigenvalue weighted by atomic mass is 10.1. The molecule has 0 spiro atoms. The van der Waals surface area contributed by atoms with Gasteiger partial charge in [0, 0.05) is 32.5 Å². The Morgan fingerprint density at radius 2 is 1.77 bits per heavy atom. The largest absolute Gasteiger partial charge is 0.343 e. The molecule has 0 atom stereocenters. The zero-order chi connectivity index (χ0) is 18.5. The van der Waals surface area contributed by atoms with Crippen molar-refractivity contribution in [3.8, 4) is 0 Å². The van der Waals surface area contributed by atoms with Crippen LogP contribution in [-0.2, 0) is 6.54 Å². The Bertz CT molecular complexity index is 953. The lowest BCUT2D eigenvalue weighted by Gasteiger charge is -2.11. The first-order valence-electron chi connectivity index (χ1n) is 8.23. The number of aromatic nitrogens is 1. The molecule has 0 aliphatic rings. The molecule has 0 saturated carbocycles. The lowest BCUT2D eigenvalue weighted by Crippen LogP contribution is -2.28. The Labute approximate surface area is 151 Å². The standard InChI is InChI=1S/C20H20N4O2/c1-24(2)19(25)18-12-17(9-10-21-18)23-20(26)22-13-14-7-8-15-5-3-4-6-16(15)11-14/h3-12H,13H2,1-2H3,(H2,21,22,23,26). The fourth-order valence-corrected chi connectivity index (χ4v) is 2.56. The van der Waals surface area contributed by atoms with Crippen molar-refractivity contribution in [1.82, 2.24) is 15.2 Å². The molecular weight excluding hydrogens is 328 g/mol. The average Bonchev–Trinajstić information content (AvgIpc) is 2.65. The second-order valence-corrected chi connectivity index (χ2v) is 6.12. The Balaban J connectivity index is 1.61. The fraction of sp³-hybridized carbons (Fsp3) is 0.150. The number of rotatable bonds is 4. The number of carbonyl (C=O) groups is 2. The highest BCUT2D eigenvalue weighted by atomic mass is 16.2. The number of anilines is 1. The molecular formula is C20H20N4O2. The van der Waals surface area contributed by atoms with E-state index in [1.54, 1.807) is 26.2 Å². The van der Waals surface area contributed by atoms with Gasteiger partial charge in [-0.2, -0.15) is 0 Å². The normalized spacial score (nSPS) is 10.4. The highest BCUT2D eigenvalue weighted by molar-refractivity contribution is 5.95. The number of fused-ring (bicyclic) bond motifs is 1. The minimum atomic E-state index is -0.340. The first-order valence-corrected chi connectivity index (χ1v) is 8.23. The third-order valence-electron chi connectivity index (χ3n) is 3.91. The quantitative estimate of drug-likeness (QED) is 0.760. The summed E-state index contributed by atoms with van der Waals surface area (Å²) in [5.74, 6) is -0.217. The van der Waals surface area contributed by atoms with Crippen LogP contribution in [0.25, 0.3) is 10.8 Å². The van der Waals surface area contributed by atoms with Gasteiger partial charge in [0.2, 0.25) is 0 Å². The number of nitrogens with one attached hydrogen (secondary N) is 2. The van der Waals surface area contributed by atoms with Crippen molar-refractivity contribution in [1.29, 1.82) is 0 Å². The van der Waals surface area contributed by atoms with E-state index in [1.165, 1.54) is 11.1 Å². The summed E-state index contributed by atoms with van der Waals surface area (Å²) in [6.07, 6.45) is 1.50. The topological polar surface area (TPSA) is 74.3 Å². The minimum absolute atomic E-state index is 0.217. The summed E-state index contributed by atoms with van der Waals surface area (Å²) in [6.45, 7) is 0.408. The molecule has 0 radical (unpaired) electrons. The molecule has 1 aromatic heterocycles. The molecule has 1 heterocycles. The van der Waals surface area contributed by atoms with E-state index in [0.717, 1.165) is 16.3 Å². The molecule has 2 N–H and O–H groups in total. The number of hydrogen-bond acceptors (Lipinski definition) is 3. The Hall–Kier alpha value is -3.41. The molecule has 0 saturated heterocycles. The third kappa shape index (κ3) is 4.16. The van der Waals surface area contributed by atoms with Gasteiger partial charge >= 0.3 is 6.03 Å². The highest BCUT2D eigenvalue weighted by Crippen LogP contribution is 2.15. The van der Waals surface area contributed by atoms with Crippen LogP contribution < -0.4 is 10.6 Å². The number of urea groups is 1. The van der Waals surface area contributed by atoms with E-state index >= 15 is 0 Å². The number of amides is 3. The van der Waals surface area contributed by atoms with Crippen molar-refractivity contribution in [2.75, 3.05) is 19.4 Å².